The van der Waals surface area contributed by atoms with Gasteiger partial charge in [-0.2, -0.15) is 0 Å². The summed E-state index contributed by atoms with van der Waals surface area (Å²) in [5, 5.41) is 3.35. The minimum Gasteiger partial charge on any atom is -0.379 e. The van der Waals surface area contributed by atoms with Crippen molar-refractivity contribution in [2.24, 2.45) is 11.8 Å². The Morgan fingerprint density at radius 1 is 1.35 bits per heavy atom. The number of nitrogens with zero attached hydrogens (tertiary/aromatic N) is 1. The summed E-state index contributed by atoms with van der Waals surface area (Å²) in [4.78, 5) is 14.4. The molecule has 0 aromatic rings. The Bertz CT molecular complexity index is 262. The lowest BCUT2D eigenvalue weighted by Crippen LogP contribution is -2.48. The Labute approximate surface area is 104 Å². The molecule has 2 rings (SSSR count). The molecule has 2 fully saturated rings. The van der Waals surface area contributed by atoms with Crippen LogP contribution in [0.15, 0.2) is 0 Å². The first-order valence-corrected chi connectivity index (χ1v) is 6.82. The van der Waals surface area contributed by atoms with E-state index in [1.807, 2.05) is 4.90 Å². The van der Waals surface area contributed by atoms with E-state index in [4.69, 9.17) is 4.74 Å². The number of carbonyl (C=O) groups is 1. The van der Waals surface area contributed by atoms with Crippen molar-refractivity contribution in [3.8, 4) is 0 Å². The lowest BCUT2D eigenvalue weighted by atomic mass is 9.96. The van der Waals surface area contributed by atoms with E-state index in [0.29, 0.717) is 19.1 Å². The van der Waals surface area contributed by atoms with E-state index in [0.717, 1.165) is 38.4 Å². The van der Waals surface area contributed by atoms with Gasteiger partial charge in [-0.3, -0.25) is 4.79 Å². The standard InChI is InChI=1S/C13H24N2O2/c1-3-14-12-9-17-8-11(12)13(16)15-6-4-10(2)5-7-15/h10-12,14H,3-9H2,1-2H3. The topological polar surface area (TPSA) is 41.6 Å². The predicted octanol–water partition coefficient (Wildman–Crippen LogP) is 0.869. The number of hydrogen-bond acceptors (Lipinski definition) is 3. The fraction of sp³-hybridized carbons (Fsp3) is 0.923. The predicted molar refractivity (Wildman–Crippen MR) is 66.8 cm³/mol. The van der Waals surface area contributed by atoms with Crippen LogP contribution in [0.25, 0.3) is 0 Å². The zero-order chi connectivity index (χ0) is 12.3. The molecule has 2 aliphatic rings. The molecule has 4 heteroatoms. The van der Waals surface area contributed by atoms with Gasteiger partial charge in [0.15, 0.2) is 0 Å². The van der Waals surface area contributed by atoms with Gasteiger partial charge >= 0.3 is 0 Å². The van der Waals surface area contributed by atoms with Gasteiger partial charge < -0.3 is 15.0 Å². The molecule has 0 aliphatic carbocycles. The molecule has 0 radical (unpaired) electrons. The van der Waals surface area contributed by atoms with Crippen molar-refractivity contribution in [2.45, 2.75) is 32.7 Å². The molecular formula is C13H24N2O2. The third-order valence-corrected chi connectivity index (χ3v) is 3.96. The molecule has 0 bridgehead atoms. The quantitative estimate of drug-likeness (QED) is 0.796. The van der Waals surface area contributed by atoms with Gasteiger partial charge in [-0.15, -0.1) is 0 Å². The molecule has 2 heterocycles. The highest BCUT2D eigenvalue weighted by molar-refractivity contribution is 5.80. The van der Waals surface area contributed by atoms with Gasteiger partial charge in [-0.05, 0) is 25.3 Å². The summed E-state index contributed by atoms with van der Waals surface area (Å²) in [5.41, 5.74) is 0. The van der Waals surface area contributed by atoms with E-state index >= 15 is 0 Å². The molecule has 1 amide bonds. The fourth-order valence-electron chi connectivity index (χ4n) is 2.72. The fourth-order valence-corrected chi connectivity index (χ4v) is 2.72. The third-order valence-electron chi connectivity index (χ3n) is 3.96. The molecule has 2 atom stereocenters. The molecule has 0 saturated carbocycles. The van der Waals surface area contributed by atoms with Crippen molar-refractivity contribution in [2.75, 3.05) is 32.8 Å². The normalized spacial score (nSPS) is 30.8. The molecule has 1 N–H and O–H groups in total. The molecule has 2 aliphatic heterocycles. The second-order valence-corrected chi connectivity index (χ2v) is 5.32. The molecule has 4 nitrogen and oxygen atoms in total. The summed E-state index contributed by atoms with van der Waals surface area (Å²) in [6, 6.07) is 0.215. The van der Waals surface area contributed by atoms with Crippen LogP contribution in [0.1, 0.15) is 26.7 Å². The zero-order valence-electron chi connectivity index (χ0n) is 10.9. The van der Waals surface area contributed by atoms with E-state index in [9.17, 15) is 4.79 Å². The van der Waals surface area contributed by atoms with Crippen LogP contribution in [0.4, 0.5) is 0 Å². The number of likely N-dealkylation sites (tertiary alicyclic amines) is 1. The summed E-state index contributed by atoms with van der Waals surface area (Å²) in [5.74, 6) is 1.09. The third kappa shape index (κ3) is 2.99. The Kier molecular flexibility index (Phi) is 4.40. The van der Waals surface area contributed by atoms with Gasteiger partial charge in [-0.1, -0.05) is 13.8 Å². The van der Waals surface area contributed by atoms with Gasteiger partial charge in [-0.25, -0.2) is 0 Å². The first-order chi connectivity index (χ1) is 8.22. The average Bonchev–Trinajstić information content (AvgIpc) is 2.78. The first kappa shape index (κ1) is 12.8. The Balaban J connectivity index is 1.90. The van der Waals surface area contributed by atoms with Gasteiger partial charge in [0.25, 0.3) is 0 Å². The van der Waals surface area contributed by atoms with E-state index in [2.05, 4.69) is 19.2 Å². The van der Waals surface area contributed by atoms with Crippen LogP contribution >= 0.6 is 0 Å². The van der Waals surface area contributed by atoms with E-state index < -0.39 is 0 Å². The Hall–Kier alpha value is -0.610. The molecule has 17 heavy (non-hydrogen) atoms. The van der Waals surface area contributed by atoms with Crippen molar-refractivity contribution < 1.29 is 9.53 Å². The molecule has 2 unspecified atom stereocenters. The number of rotatable bonds is 3. The number of amides is 1. The highest BCUT2D eigenvalue weighted by atomic mass is 16.5. The van der Waals surface area contributed by atoms with Crippen LogP contribution in [0.3, 0.4) is 0 Å². The monoisotopic (exact) mass is 240 g/mol. The van der Waals surface area contributed by atoms with Crippen LogP contribution < -0.4 is 5.32 Å². The summed E-state index contributed by atoms with van der Waals surface area (Å²) in [6.07, 6.45) is 2.29. The number of carbonyl (C=O) groups excluding carboxylic acids is 1. The second kappa shape index (κ2) is 5.83. The molecular weight excluding hydrogens is 216 g/mol. The van der Waals surface area contributed by atoms with Crippen LogP contribution in [-0.2, 0) is 9.53 Å². The Morgan fingerprint density at radius 3 is 2.71 bits per heavy atom. The minimum atomic E-state index is 0.0309. The van der Waals surface area contributed by atoms with Crippen LogP contribution in [0.2, 0.25) is 0 Å². The summed E-state index contributed by atoms with van der Waals surface area (Å²) in [6.45, 7) is 8.35. The van der Waals surface area contributed by atoms with Crippen molar-refractivity contribution >= 4 is 5.91 Å². The summed E-state index contributed by atoms with van der Waals surface area (Å²) >= 11 is 0. The highest BCUT2D eigenvalue weighted by Gasteiger charge is 2.36. The first-order valence-electron chi connectivity index (χ1n) is 6.82. The molecule has 2 saturated heterocycles. The Morgan fingerprint density at radius 2 is 2.06 bits per heavy atom. The van der Waals surface area contributed by atoms with Crippen LogP contribution in [0, 0.1) is 11.8 Å². The lowest BCUT2D eigenvalue weighted by Gasteiger charge is -2.33. The molecule has 0 aromatic carbocycles. The SMILES string of the molecule is CCNC1COCC1C(=O)N1CCC(C)CC1. The highest BCUT2D eigenvalue weighted by Crippen LogP contribution is 2.21. The number of hydrogen-bond donors (Lipinski definition) is 1. The molecule has 98 valence electrons. The van der Waals surface area contributed by atoms with E-state index in [1.165, 1.54) is 0 Å². The van der Waals surface area contributed by atoms with Crippen molar-refractivity contribution in [3.05, 3.63) is 0 Å². The average molecular weight is 240 g/mol. The maximum atomic E-state index is 12.4. The minimum absolute atomic E-state index is 0.0309. The van der Waals surface area contributed by atoms with Gasteiger partial charge in [0.05, 0.1) is 19.1 Å². The molecule has 0 aromatic heterocycles. The van der Waals surface area contributed by atoms with Crippen molar-refractivity contribution in [1.82, 2.24) is 10.2 Å². The number of likely N-dealkylation sites (N-methyl/N-ethyl adjacent to an activating group) is 1. The maximum absolute atomic E-state index is 12.4. The van der Waals surface area contributed by atoms with Crippen molar-refractivity contribution in [3.63, 3.8) is 0 Å². The maximum Gasteiger partial charge on any atom is 0.229 e. The summed E-state index contributed by atoms with van der Waals surface area (Å²) in [7, 11) is 0. The largest absolute Gasteiger partial charge is 0.379 e. The number of nitrogens with one attached hydrogen (secondary N) is 1. The van der Waals surface area contributed by atoms with Gasteiger partial charge in [0.2, 0.25) is 5.91 Å². The number of piperidine rings is 1. The lowest BCUT2D eigenvalue weighted by molar-refractivity contribution is -0.137. The van der Waals surface area contributed by atoms with Gasteiger partial charge in [0, 0.05) is 19.1 Å². The number of ether oxygens (including phenoxy) is 1. The zero-order valence-corrected chi connectivity index (χ0v) is 10.9. The van der Waals surface area contributed by atoms with Crippen LogP contribution in [-0.4, -0.2) is 49.7 Å². The van der Waals surface area contributed by atoms with Gasteiger partial charge in [0.1, 0.15) is 0 Å². The molecule has 0 spiro atoms. The second-order valence-electron chi connectivity index (χ2n) is 5.32. The van der Waals surface area contributed by atoms with Crippen molar-refractivity contribution in [1.29, 1.82) is 0 Å². The smallest absolute Gasteiger partial charge is 0.229 e. The van der Waals surface area contributed by atoms with E-state index in [-0.39, 0.29) is 12.0 Å². The summed E-state index contributed by atoms with van der Waals surface area (Å²) < 4.78 is 5.45. The van der Waals surface area contributed by atoms with Crippen LogP contribution in [0.5, 0.6) is 0 Å². The van der Waals surface area contributed by atoms with E-state index in [1.54, 1.807) is 0 Å².